The average molecular weight is 292 g/mol. The SMILES string of the molecule is COC(=O)C1CCc2nc(-c3cccc(Cl)c3)nn2C1. The van der Waals surface area contributed by atoms with Crippen molar-refractivity contribution in [3.63, 3.8) is 0 Å². The van der Waals surface area contributed by atoms with Gasteiger partial charge in [0.1, 0.15) is 5.82 Å². The van der Waals surface area contributed by atoms with Gasteiger partial charge in [-0.3, -0.25) is 4.79 Å². The van der Waals surface area contributed by atoms with Crippen molar-refractivity contribution in [3.8, 4) is 11.4 Å². The number of rotatable bonds is 2. The molecule has 0 N–H and O–H groups in total. The summed E-state index contributed by atoms with van der Waals surface area (Å²) in [7, 11) is 1.41. The van der Waals surface area contributed by atoms with Crippen LogP contribution in [0.25, 0.3) is 11.4 Å². The molecule has 1 unspecified atom stereocenters. The number of carbonyl (C=O) groups is 1. The number of aryl methyl sites for hydroxylation is 1. The number of ether oxygens (including phenoxy) is 1. The predicted octanol–water partition coefficient (Wildman–Crippen LogP) is 2.33. The van der Waals surface area contributed by atoms with Crippen LogP contribution in [-0.2, 0) is 22.5 Å². The van der Waals surface area contributed by atoms with Crippen molar-refractivity contribution < 1.29 is 9.53 Å². The molecule has 1 aromatic carbocycles. The number of hydrogen-bond acceptors (Lipinski definition) is 4. The fourth-order valence-corrected chi connectivity index (χ4v) is 2.61. The maximum absolute atomic E-state index is 11.6. The fourth-order valence-electron chi connectivity index (χ4n) is 2.42. The summed E-state index contributed by atoms with van der Waals surface area (Å²) < 4.78 is 6.59. The molecule has 1 atom stereocenters. The highest BCUT2D eigenvalue weighted by molar-refractivity contribution is 6.30. The molecule has 0 fully saturated rings. The highest BCUT2D eigenvalue weighted by atomic mass is 35.5. The Morgan fingerprint density at radius 3 is 3.10 bits per heavy atom. The van der Waals surface area contributed by atoms with Gasteiger partial charge in [-0.1, -0.05) is 23.7 Å². The first kappa shape index (κ1) is 13.1. The lowest BCUT2D eigenvalue weighted by Crippen LogP contribution is -2.28. The van der Waals surface area contributed by atoms with E-state index in [0.29, 0.717) is 17.4 Å². The summed E-state index contributed by atoms with van der Waals surface area (Å²) in [6.07, 6.45) is 1.48. The molecule has 0 saturated carbocycles. The number of hydrogen-bond donors (Lipinski definition) is 0. The van der Waals surface area contributed by atoms with E-state index in [0.717, 1.165) is 24.2 Å². The van der Waals surface area contributed by atoms with Crippen LogP contribution in [0.3, 0.4) is 0 Å². The Bertz CT molecular complexity index is 654. The summed E-state index contributed by atoms with van der Waals surface area (Å²) in [6.45, 7) is 0.523. The van der Waals surface area contributed by atoms with Crippen molar-refractivity contribution in [1.29, 1.82) is 0 Å². The van der Waals surface area contributed by atoms with Gasteiger partial charge in [0.15, 0.2) is 5.82 Å². The van der Waals surface area contributed by atoms with Crippen molar-refractivity contribution in [3.05, 3.63) is 35.1 Å². The highest BCUT2D eigenvalue weighted by Gasteiger charge is 2.27. The molecule has 6 heteroatoms. The van der Waals surface area contributed by atoms with Crippen LogP contribution in [0.1, 0.15) is 12.2 Å². The molecule has 2 aromatic rings. The number of halogens is 1. The number of fused-ring (bicyclic) bond motifs is 1. The number of esters is 1. The van der Waals surface area contributed by atoms with Gasteiger partial charge in [-0.05, 0) is 18.6 Å². The molecule has 0 aliphatic carbocycles. The van der Waals surface area contributed by atoms with Crippen LogP contribution in [0, 0.1) is 5.92 Å². The van der Waals surface area contributed by atoms with Gasteiger partial charge in [-0.2, -0.15) is 5.10 Å². The number of nitrogens with zero attached hydrogens (tertiary/aromatic N) is 3. The normalized spacial score (nSPS) is 17.6. The molecular formula is C14H14ClN3O2. The minimum atomic E-state index is -0.185. The molecule has 104 valence electrons. The van der Waals surface area contributed by atoms with Crippen LogP contribution in [0.2, 0.25) is 5.02 Å². The van der Waals surface area contributed by atoms with Crippen LogP contribution in [-0.4, -0.2) is 27.8 Å². The van der Waals surface area contributed by atoms with Gasteiger partial charge < -0.3 is 4.74 Å². The zero-order valence-corrected chi connectivity index (χ0v) is 11.8. The second-order valence-corrected chi connectivity index (χ2v) is 5.24. The molecule has 1 aromatic heterocycles. The van der Waals surface area contributed by atoms with Crippen LogP contribution in [0.4, 0.5) is 0 Å². The Balaban J connectivity index is 1.89. The lowest BCUT2D eigenvalue weighted by molar-refractivity contribution is -0.146. The topological polar surface area (TPSA) is 57.0 Å². The van der Waals surface area contributed by atoms with E-state index in [4.69, 9.17) is 16.3 Å². The van der Waals surface area contributed by atoms with E-state index < -0.39 is 0 Å². The van der Waals surface area contributed by atoms with Gasteiger partial charge in [-0.25, -0.2) is 9.67 Å². The molecule has 1 aliphatic heterocycles. The van der Waals surface area contributed by atoms with E-state index in [1.807, 2.05) is 24.3 Å². The van der Waals surface area contributed by atoms with E-state index in [9.17, 15) is 4.79 Å². The third kappa shape index (κ3) is 2.41. The fraction of sp³-hybridized carbons (Fsp3) is 0.357. The first-order valence-corrected chi connectivity index (χ1v) is 6.82. The highest BCUT2D eigenvalue weighted by Crippen LogP contribution is 2.24. The lowest BCUT2D eigenvalue weighted by atomic mass is 10.0. The summed E-state index contributed by atoms with van der Waals surface area (Å²) in [5, 5.41) is 5.12. The van der Waals surface area contributed by atoms with E-state index in [2.05, 4.69) is 10.1 Å². The molecule has 0 amide bonds. The van der Waals surface area contributed by atoms with Gasteiger partial charge in [0.05, 0.1) is 19.6 Å². The predicted molar refractivity (Wildman–Crippen MR) is 74.3 cm³/mol. The second-order valence-electron chi connectivity index (χ2n) is 4.80. The molecule has 20 heavy (non-hydrogen) atoms. The quantitative estimate of drug-likeness (QED) is 0.797. The summed E-state index contributed by atoms with van der Waals surface area (Å²) in [6, 6.07) is 7.44. The summed E-state index contributed by atoms with van der Waals surface area (Å²) in [4.78, 5) is 16.1. The van der Waals surface area contributed by atoms with E-state index in [-0.39, 0.29) is 11.9 Å². The number of methoxy groups -OCH3 is 1. The minimum absolute atomic E-state index is 0.138. The van der Waals surface area contributed by atoms with Crippen LogP contribution in [0.5, 0.6) is 0 Å². The maximum atomic E-state index is 11.6. The van der Waals surface area contributed by atoms with E-state index in [1.165, 1.54) is 7.11 Å². The Kier molecular flexibility index (Phi) is 3.44. The molecule has 3 rings (SSSR count). The van der Waals surface area contributed by atoms with Crippen LogP contribution in [0.15, 0.2) is 24.3 Å². The monoisotopic (exact) mass is 291 g/mol. The summed E-state index contributed by atoms with van der Waals surface area (Å²) in [5.41, 5.74) is 0.883. The van der Waals surface area contributed by atoms with Crippen molar-refractivity contribution in [2.45, 2.75) is 19.4 Å². The molecule has 2 heterocycles. The number of aromatic nitrogens is 3. The molecule has 0 radical (unpaired) electrons. The molecule has 0 saturated heterocycles. The van der Waals surface area contributed by atoms with Crippen molar-refractivity contribution in [2.75, 3.05) is 7.11 Å². The van der Waals surface area contributed by atoms with Gasteiger partial charge in [-0.15, -0.1) is 0 Å². The summed E-state index contributed by atoms with van der Waals surface area (Å²) >= 11 is 5.98. The molecule has 5 nitrogen and oxygen atoms in total. The van der Waals surface area contributed by atoms with Crippen LogP contribution < -0.4 is 0 Å². The minimum Gasteiger partial charge on any atom is -0.469 e. The third-order valence-electron chi connectivity index (χ3n) is 3.48. The summed E-state index contributed by atoms with van der Waals surface area (Å²) in [5.74, 6) is 1.23. The van der Waals surface area contributed by atoms with Gasteiger partial charge in [0.2, 0.25) is 0 Å². The Morgan fingerprint density at radius 1 is 1.50 bits per heavy atom. The Labute approximate surface area is 121 Å². The first-order chi connectivity index (χ1) is 9.67. The van der Waals surface area contributed by atoms with Crippen molar-refractivity contribution in [1.82, 2.24) is 14.8 Å². The average Bonchev–Trinajstić information content (AvgIpc) is 2.89. The van der Waals surface area contributed by atoms with Crippen molar-refractivity contribution >= 4 is 17.6 Å². The molecule has 0 bridgehead atoms. The number of carbonyl (C=O) groups excluding carboxylic acids is 1. The maximum Gasteiger partial charge on any atom is 0.310 e. The second kappa shape index (κ2) is 5.25. The molecule has 0 spiro atoms. The first-order valence-electron chi connectivity index (χ1n) is 6.45. The molecule has 1 aliphatic rings. The molecular weight excluding hydrogens is 278 g/mol. The van der Waals surface area contributed by atoms with Crippen molar-refractivity contribution in [2.24, 2.45) is 5.92 Å². The largest absolute Gasteiger partial charge is 0.469 e. The Morgan fingerprint density at radius 2 is 2.35 bits per heavy atom. The zero-order chi connectivity index (χ0) is 14.1. The van der Waals surface area contributed by atoms with E-state index >= 15 is 0 Å². The number of benzene rings is 1. The van der Waals surface area contributed by atoms with Gasteiger partial charge in [0.25, 0.3) is 0 Å². The zero-order valence-electron chi connectivity index (χ0n) is 11.0. The lowest BCUT2D eigenvalue weighted by Gasteiger charge is -2.19. The van der Waals surface area contributed by atoms with Gasteiger partial charge >= 0.3 is 5.97 Å². The third-order valence-corrected chi connectivity index (χ3v) is 3.71. The van der Waals surface area contributed by atoms with Gasteiger partial charge in [0, 0.05) is 17.0 Å². The standard InChI is InChI=1S/C14H14ClN3O2/c1-20-14(19)10-5-6-12-16-13(17-18(12)8-10)9-3-2-4-11(15)7-9/h2-4,7,10H,5-6,8H2,1H3. The van der Waals surface area contributed by atoms with Crippen LogP contribution >= 0.6 is 11.6 Å². The van der Waals surface area contributed by atoms with E-state index in [1.54, 1.807) is 4.68 Å². The smallest absolute Gasteiger partial charge is 0.310 e. The Hall–Kier alpha value is -1.88.